The molecule has 0 saturated carbocycles. The van der Waals surface area contributed by atoms with Crippen LogP contribution in [0.1, 0.15) is 20.3 Å². The molecule has 1 unspecified atom stereocenters. The fraction of sp³-hybridized carbons (Fsp3) is 0.625. The summed E-state index contributed by atoms with van der Waals surface area (Å²) >= 11 is 0. The molecule has 0 spiro atoms. The molecule has 1 saturated heterocycles. The average molecular weight is 279 g/mol. The normalized spacial score (nSPS) is 19.9. The molecule has 4 heteroatoms. The first-order valence-electron chi connectivity index (χ1n) is 7.59. The number of halogens is 1. The van der Waals surface area contributed by atoms with Gasteiger partial charge in [0.05, 0.1) is 5.69 Å². The van der Waals surface area contributed by atoms with Gasteiger partial charge in [-0.3, -0.25) is 4.90 Å². The minimum absolute atomic E-state index is 0.128. The first-order valence-corrected chi connectivity index (χ1v) is 7.59. The maximum absolute atomic E-state index is 13.8. The molecule has 0 aromatic heterocycles. The third kappa shape index (κ3) is 3.70. The number of rotatable bonds is 5. The van der Waals surface area contributed by atoms with E-state index >= 15 is 0 Å². The Morgan fingerprint density at radius 2 is 1.85 bits per heavy atom. The molecule has 0 aliphatic carbocycles. The summed E-state index contributed by atoms with van der Waals surface area (Å²) in [5, 5.41) is 0. The Morgan fingerprint density at radius 1 is 1.20 bits per heavy atom. The molecule has 2 N–H and O–H groups in total. The minimum Gasteiger partial charge on any atom is -0.367 e. The van der Waals surface area contributed by atoms with Gasteiger partial charge in [-0.15, -0.1) is 0 Å². The number of nitrogens with two attached hydrogens (primary N) is 1. The molecule has 0 amide bonds. The number of hydrogen-bond acceptors (Lipinski definition) is 3. The van der Waals surface area contributed by atoms with Crippen LogP contribution in [-0.4, -0.2) is 43.7 Å². The van der Waals surface area contributed by atoms with Crippen LogP contribution in [0.25, 0.3) is 0 Å². The van der Waals surface area contributed by atoms with Gasteiger partial charge in [0, 0.05) is 38.8 Å². The Hall–Kier alpha value is -1.13. The fourth-order valence-electron chi connectivity index (χ4n) is 2.66. The molecule has 2 rings (SSSR count). The molecule has 1 aromatic rings. The van der Waals surface area contributed by atoms with E-state index in [1.54, 1.807) is 6.07 Å². The highest BCUT2D eigenvalue weighted by atomic mass is 19.1. The van der Waals surface area contributed by atoms with Crippen LogP contribution in [0.2, 0.25) is 0 Å². The zero-order valence-corrected chi connectivity index (χ0v) is 12.6. The van der Waals surface area contributed by atoms with Gasteiger partial charge in [0.25, 0.3) is 0 Å². The number of anilines is 1. The zero-order valence-electron chi connectivity index (χ0n) is 12.6. The maximum atomic E-state index is 13.8. The number of piperazine rings is 1. The molecule has 0 radical (unpaired) electrons. The summed E-state index contributed by atoms with van der Waals surface area (Å²) in [6, 6.07) is 7.25. The quantitative estimate of drug-likeness (QED) is 0.898. The van der Waals surface area contributed by atoms with Gasteiger partial charge in [-0.05, 0) is 18.1 Å². The van der Waals surface area contributed by atoms with E-state index in [1.165, 1.54) is 6.07 Å². The van der Waals surface area contributed by atoms with Crippen molar-refractivity contribution in [3.8, 4) is 0 Å². The van der Waals surface area contributed by atoms with Gasteiger partial charge >= 0.3 is 0 Å². The van der Waals surface area contributed by atoms with E-state index in [4.69, 9.17) is 5.73 Å². The highest BCUT2D eigenvalue weighted by Gasteiger charge is 2.21. The largest absolute Gasteiger partial charge is 0.367 e. The lowest BCUT2D eigenvalue weighted by atomic mass is 9.99. The second-order valence-corrected chi connectivity index (χ2v) is 5.79. The molecule has 0 bridgehead atoms. The number of nitrogens with zero attached hydrogens (tertiary/aromatic N) is 2. The van der Waals surface area contributed by atoms with Crippen molar-refractivity contribution < 1.29 is 4.39 Å². The van der Waals surface area contributed by atoms with Crippen molar-refractivity contribution in [2.24, 2.45) is 11.7 Å². The molecule has 1 aliphatic heterocycles. The number of hydrogen-bond donors (Lipinski definition) is 1. The Kier molecular flexibility index (Phi) is 5.38. The summed E-state index contributed by atoms with van der Waals surface area (Å²) in [6.45, 7) is 8.99. The van der Waals surface area contributed by atoms with E-state index in [2.05, 4.69) is 23.6 Å². The van der Waals surface area contributed by atoms with Crippen LogP contribution in [0.3, 0.4) is 0 Å². The smallest absolute Gasteiger partial charge is 0.146 e. The molecule has 1 aliphatic rings. The summed E-state index contributed by atoms with van der Waals surface area (Å²) in [6.07, 6.45) is 1.12. The molecule has 1 heterocycles. The standard InChI is InChI=1S/C16H26FN3/c1-3-13(2)15(18)12-19-8-10-20(11-9-19)16-7-5-4-6-14(16)17/h4-7,13,15H,3,8-12,18H2,1-2H3/t13?,15-/m1/s1. The van der Waals surface area contributed by atoms with Gasteiger partial charge in [0.1, 0.15) is 5.82 Å². The van der Waals surface area contributed by atoms with Crippen molar-refractivity contribution in [1.82, 2.24) is 4.90 Å². The summed E-state index contributed by atoms with van der Waals surface area (Å²) in [5.74, 6) is 0.428. The van der Waals surface area contributed by atoms with Gasteiger partial charge in [-0.2, -0.15) is 0 Å². The van der Waals surface area contributed by atoms with Crippen molar-refractivity contribution in [3.63, 3.8) is 0 Å². The van der Waals surface area contributed by atoms with E-state index in [9.17, 15) is 4.39 Å². The topological polar surface area (TPSA) is 32.5 Å². The van der Waals surface area contributed by atoms with E-state index in [0.29, 0.717) is 5.92 Å². The SMILES string of the molecule is CCC(C)[C@H](N)CN1CCN(c2ccccc2F)CC1. The van der Waals surface area contributed by atoms with Gasteiger partial charge in [-0.1, -0.05) is 32.4 Å². The molecule has 112 valence electrons. The van der Waals surface area contributed by atoms with Crippen molar-refractivity contribution in [2.45, 2.75) is 26.3 Å². The summed E-state index contributed by atoms with van der Waals surface area (Å²) in [7, 11) is 0. The molecule has 20 heavy (non-hydrogen) atoms. The maximum Gasteiger partial charge on any atom is 0.146 e. The van der Waals surface area contributed by atoms with E-state index < -0.39 is 0 Å². The second kappa shape index (κ2) is 7.04. The van der Waals surface area contributed by atoms with Gasteiger partial charge in [0.15, 0.2) is 0 Å². The van der Waals surface area contributed by atoms with Crippen molar-refractivity contribution in [1.29, 1.82) is 0 Å². The second-order valence-electron chi connectivity index (χ2n) is 5.79. The first-order chi connectivity index (χ1) is 9.61. The molecule has 2 atom stereocenters. The highest BCUT2D eigenvalue weighted by Crippen LogP contribution is 2.20. The van der Waals surface area contributed by atoms with Gasteiger partial charge in [-0.25, -0.2) is 4.39 Å². The van der Waals surface area contributed by atoms with E-state index in [1.807, 2.05) is 12.1 Å². The molecular weight excluding hydrogens is 253 g/mol. The van der Waals surface area contributed by atoms with Crippen LogP contribution < -0.4 is 10.6 Å². The fourth-order valence-corrected chi connectivity index (χ4v) is 2.66. The lowest BCUT2D eigenvalue weighted by Crippen LogP contribution is -2.51. The lowest BCUT2D eigenvalue weighted by Gasteiger charge is -2.37. The summed E-state index contributed by atoms with van der Waals surface area (Å²) in [5.41, 5.74) is 6.93. The van der Waals surface area contributed by atoms with E-state index in [0.717, 1.165) is 44.8 Å². The van der Waals surface area contributed by atoms with Crippen LogP contribution in [0.4, 0.5) is 10.1 Å². The summed E-state index contributed by atoms with van der Waals surface area (Å²) in [4.78, 5) is 4.52. The average Bonchev–Trinajstić information content (AvgIpc) is 2.48. The van der Waals surface area contributed by atoms with Crippen LogP contribution in [0.15, 0.2) is 24.3 Å². The monoisotopic (exact) mass is 279 g/mol. The van der Waals surface area contributed by atoms with Crippen LogP contribution in [-0.2, 0) is 0 Å². The molecule has 1 fully saturated rings. The Bertz CT molecular complexity index is 416. The van der Waals surface area contributed by atoms with Gasteiger partial charge < -0.3 is 10.6 Å². The highest BCUT2D eigenvalue weighted by molar-refractivity contribution is 5.47. The Morgan fingerprint density at radius 3 is 2.45 bits per heavy atom. The number of para-hydroxylation sites is 1. The summed E-state index contributed by atoms with van der Waals surface area (Å²) < 4.78 is 13.8. The third-order valence-corrected chi connectivity index (χ3v) is 4.41. The Balaban J connectivity index is 1.85. The number of benzene rings is 1. The Labute approximate surface area is 121 Å². The molecular formula is C16H26FN3. The minimum atomic E-state index is -0.128. The molecule has 3 nitrogen and oxygen atoms in total. The van der Waals surface area contributed by atoms with Crippen molar-refractivity contribution >= 4 is 5.69 Å². The lowest BCUT2D eigenvalue weighted by molar-refractivity contribution is 0.220. The third-order valence-electron chi connectivity index (χ3n) is 4.41. The van der Waals surface area contributed by atoms with Crippen LogP contribution in [0, 0.1) is 11.7 Å². The zero-order chi connectivity index (χ0) is 14.5. The molecule has 1 aromatic carbocycles. The predicted molar refractivity (Wildman–Crippen MR) is 82.5 cm³/mol. The first kappa shape index (κ1) is 15.3. The van der Waals surface area contributed by atoms with Crippen molar-refractivity contribution in [3.05, 3.63) is 30.1 Å². The van der Waals surface area contributed by atoms with Gasteiger partial charge in [0.2, 0.25) is 0 Å². The predicted octanol–water partition coefficient (Wildman–Crippen LogP) is 2.32. The van der Waals surface area contributed by atoms with Crippen LogP contribution >= 0.6 is 0 Å². The van der Waals surface area contributed by atoms with Crippen molar-refractivity contribution in [2.75, 3.05) is 37.6 Å². The van der Waals surface area contributed by atoms with Crippen LogP contribution in [0.5, 0.6) is 0 Å². The van der Waals surface area contributed by atoms with E-state index in [-0.39, 0.29) is 11.9 Å².